The molecule has 0 radical (unpaired) electrons. The Morgan fingerprint density at radius 2 is 0.830 bits per heavy atom. The molecular weight excluding hydrogens is 645 g/mol. The highest BCUT2D eigenvalue weighted by molar-refractivity contribution is 6.26. The van der Waals surface area contributed by atoms with Gasteiger partial charge in [-0.3, -0.25) is 0 Å². The van der Waals surface area contributed by atoms with E-state index in [0.29, 0.717) is 5.56 Å². The number of hydrogen-bond acceptors (Lipinski definition) is 1. The van der Waals surface area contributed by atoms with E-state index in [0.717, 1.165) is 61.0 Å². The molecule has 11 rings (SSSR count). The van der Waals surface area contributed by atoms with Gasteiger partial charge in [-0.25, -0.2) is 0 Å². The third kappa shape index (κ3) is 4.29. The SMILES string of the molecule is N#Cc1ccc2c(c1)c1c(ccc3c4ccccc4n(-c4ccccc4)c31)n2-c1cccc(-c2cccc(-n3c4ccccc4c4ccccc43)c2)c1. The molecule has 0 bridgehead atoms. The number of aromatic nitrogens is 3. The second-order valence-electron chi connectivity index (χ2n) is 13.7. The van der Waals surface area contributed by atoms with Gasteiger partial charge in [-0.1, -0.05) is 103 Å². The van der Waals surface area contributed by atoms with Crippen molar-refractivity contribution in [2.75, 3.05) is 0 Å². The molecule has 11 aromatic rings. The zero-order chi connectivity index (χ0) is 35.0. The summed E-state index contributed by atoms with van der Waals surface area (Å²) in [6, 6.07) is 67.2. The predicted octanol–water partition coefficient (Wildman–Crippen LogP) is 12.5. The summed E-state index contributed by atoms with van der Waals surface area (Å²) in [6.45, 7) is 0. The smallest absolute Gasteiger partial charge is 0.0991 e. The van der Waals surface area contributed by atoms with Crippen LogP contribution >= 0.6 is 0 Å². The predicted molar refractivity (Wildman–Crippen MR) is 220 cm³/mol. The van der Waals surface area contributed by atoms with E-state index in [9.17, 15) is 5.26 Å². The highest BCUT2D eigenvalue weighted by atomic mass is 15.0. The maximum absolute atomic E-state index is 10.1. The fraction of sp³-hybridized carbons (Fsp3) is 0. The Morgan fingerprint density at radius 1 is 0.340 bits per heavy atom. The molecule has 0 unspecified atom stereocenters. The van der Waals surface area contributed by atoms with E-state index in [1.54, 1.807) is 0 Å². The lowest BCUT2D eigenvalue weighted by atomic mass is 10.0. The summed E-state index contributed by atoms with van der Waals surface area (Å²) in [6.07, 6.45) is 0. The Hall–Kier alpha value is -7.35. The maximum Gasteiger partial charge on any atom is 0.0991 e. The minimum atomic E-state index is 0.645. The highest BCUT2D eigenvalue weighted by Gasteiger charge is 2.21. The van der Waals surface area contributed by atoms with Crippen molar-refractivity contribution in [1.82, 2.24) is 13.7 Å². The van der Waals surface area contributed by atoms with Crippen LogP contribution in [0.2, 0.25) is 0 Å². The molecule has 0 aliphatic carbocycles. The number of hydrogen-bond donors (Lipinski definition) is 0. The molecule has 246 valence electrons. The van der Waals surface area contributed by atoms with Gasteiger partial charge >= 0.3 is 0 Å². The molecule has 3 aromatic heterocycles. The molecule has 53 heavy (non-hydrogen) atoms. The second-order valence-corrected chi connectivity index (χ2v) is 13.7. The summed E-state index contributed by atoms with van der Waals surface area (Å²) in [5.74, 6) is 0. The Bertz CT molecular complexity index is 3240. The van der Waals surface area contributed by atoms with E-state index in [2.05, 4.69) is 196 Å². The quantitative estimate of drug-likeness (QED) is 0.183. The van der Waals surface area contributed by atoms with Crippen LogP contribution in [0.25, 0.3) is 93.6 Å². The summed E-state index contributed by atoms with van der Waals surface area (Å²) in [4.78, 5) is 0. The first kappa shape index (κ1) is 29.4. The molecular formula is C49H30N4. The number of nitriles is 1. The molecule has 4 heteroatoms. The van der Waals surface area contributed by atoms with Gasteiger partial charge in [0, 0.05) is 49.4 Å². The molecule has 0 amide bonds. The van der Waals surface area contributed by atoms with Crippen LogP contribution in [0.1, 0.15) is 5.56 Å². The van der Waals surface area contributed by atoms with Gasteiger partial charge < -0.3 is 13.7 Å². The second kappa shape index (κ2) is 11.3. The zero-order valence-electron chi connectivity index (χ0n) is 28.6. The molecule has 4 nitrogen and oxygen atoms in total. The Morgan fingerprint density at radius 3 is 1.45 bits per heavy atom. The summed E-state index contributed by atoms with van der Waals surface area (Å²) in [7, 11) is 0. The molecule has 0 aliphatic heterocycles. The fourth-order valence-corrected chi connectivity index (χ4v) is 8.60. The highest BCUT2D eigenvalue weighted by Crippen LogP contribution is 2.43. The number of benzene rings is 8. The molecule has 8 aromatic carbocycles. The van der Waals surface area contributed by atoms with E-state index < -0.39 is 0 Å². The molecule has 0 aliphatic rings. The third-order valence-corrected chi connectivity index (χ3v) is 10.8. The van der Waals surface area contributed by atoms with Crippen molar-refractivity contribution in [1.29, 1.82) is 5.26 Å². The Kier molecular flexibility index (Phi) is 6.28. The van der Waals surface area contributed by atoms with E-state index >= 15 is 0 Å². The van der Waals surface area contributed by atoms with Gasteiger partial charge in [0.2, 0.25) is 0 Å². The van der Waals surface area contributed by atoms with Crippen LogP contribution < -0.4 is 0 Å². The van der Waals surface area contributed by atoms with E-state index in [1.807, 2.05) is 6.07 Å². The van der Waals surface area contributed by atoms with Crippen molar-refractivity contribution in [3.05, 3.63) is 188 Å². The molecule has 0 fully saturated rings. The minimum absolute atomic E-state index is 0.645. The number of fused-ring (bicyclic) bond motifs is 10. The largest absolute Gasteiger partial charge is 0.309 e. The van der Waals surface area contributed by atoms with E-state index in [4.69, 9.17) is 0 Å². The van der Waals surface area contributed by atoms with Crippen molar-refractivity contribution in [3.63, 3.8) is 0 Å². The first-order valence-corrected chi connectivity index (χ1v) is 17.9. The number of rotatable bonds is 4. The molecule has 3 heterocycles. The molecule has 0 N–H and O–H groups in total. The number of para-hydroxylation sites is 4. The van der Waals surface area contributed by atoms with Gasteiger partial charge in [0.05, 0.1) is 44.7 Å². The lowest BCUT2D eigenvalue weighted by Crippen LogP contribution is -1.96. The van der Waals surface area contributed by atoms with Crippen LogP contribution in [0.3, 0.4) is 0 Å². The van der Waals surface area contributed by atoms with Gasteiger partial charge in [0.1, 0.15) is 0 Å². The summed E-state index contributed by atoms with van der Waals surface area (Å²) >= 11 is 0. The number of nitrogens with zero attached hydrogens (tertiary/aromatic N) is 4. The van der Waals surface area contributed by atoms with Gasteiger partial charge in [-0.05, 0) is 90.0 Å². The van der Waals surface area contributed by atoms with Crippen molar-refractivity contribution in [3.8, 4) is 34.3 Å². The van der Waals surface area contributed by atoms with Gasteiger partial charge in [-0.2, -0.15) is 5.26 Å². The van der Waals surface area contributed by atoms with Crippen molar-refractivity contribution in [2.24, 2.45) is 0 Å². The Labute approximate surface area is 305 Å². The Balaban J connectivity index is 1.16. The summed E-state index contributed by atoms with van der Waals surface area (Å²) < 4.78 is 7.11. The van der Waals surface area contributed by atoms with Crippen LogP contribution in [-0.2, 0) is 0 Å². The van der Waals surface area contributed by atoms with Crippen LogP contribution in [0.4, 0.5) is 0 Å². The lowest BCUT2D eigenvalue weighted by molar-refractivity contribution is 1.17. The molecule has 0 saturated heterocycles. The minimum Gasteiger partial charge on any atom is -0.309 e. The van der Waals surface area contributed by atoms with Gasteiger partial charge in [-0.15, -0.1) is 0 Å². The average Bonchev–Trinajstić information content (AvgIpc) is 3.86. The van der Waals surface area contributed by atoms with Crippen LogP contribution in [0, 0.1) is 11.3 Å². The average molecular weight is 675 g/mol. The zero-order valence-corrected chi connectivity index (χ0v) is 28.6. The van der Waals surface area contributed by atoms with Crippen LogP contribution in [0.5, 0.6) is 0 Å². The first-order chi connectivity index (χ1) is 26.3. The van der Waals surface area contributed by atoms with E-state index in [-0.39, 0.29) is 0 Å². The molecule has 0 atom stereocenters. The van der Waals surface area contributed by atoms with Crippen LogP contribution in [0.15, 0.2) is 182 Å². The van der Waals surface area contributed by atoms with Gasteiger partial charge in [0.15, 0.2) is 0 Å². The van der Waals surface area contributed by atoms with Crippen molar-refractivity contribution < 1.29 is 0 Å². The monoisotopic (exact) mass is 674 g/mol. The van der Waals surface area contributed by atoms with Crippen molar-refractivity contribution >= 4 is 65.4 Å². The van der Waals surface area contributed by atoms with E-state index in [1.165, 1.54) is 32.6 Å². The lowest BCUT2D eigenvalue weighted by Gasteiger charge is -2.13. The first-order valence-electron chi connectivity index (χ1n) is 17.9. The van der Waals surface area contributed by atoms with Gasteiger partial charge in [0.25, 0.3) is 0 Å². The topological polar surface area (TPSA) is 38.6 Å². The fourth-order valence-electron chi connectivity index (χ4n) is 8.60. The molecule has 0 saturated carbocycles. The summed E-state index contributed by atoms with van der Waals surface area (Å²) in [5.41, 5.74) is 13.1. The summed E-state index contributed by atoms with van der Waals surface area (Å²) in [5, 5.41) is 17.1. The van der Waals surface area contributed by atoms with Crippen molar-refractivity contribution in [2.45, 2.75) is 0 Å². The maximum atomic E-state index is 10.1. The van der Waals surface area contributed by atoms with Crippen LogP contribution in [-0.4, -0.2) is 13.7 Å². The standard InChI is InChI=1S/C49H30N4/c50-31-32-24-26-46-42(28-32)48-47(27-25-41-40-20-6-9-23-45(40)53(49(41)48)35-14-2-1-3-15-35)52(46)37-17-11-13-34(30-37)33-12-10-16-36(29-33)51-43-21-7-4-18-38(43)39-19-5-8-22-44(39)51/h1-30H. The normalized spacial score (nSPS) is 11.8. The molecule has 0 spiro atoms. The third-order valence-electron chi connectivity index (χ3n) is 10.8.